The minimum absolute atomic E-state index is 0.0714. The van der Waals surface area contributed by atoms with Crippen molar-refractivity contribution in [2.75, 3.05) is 32.7 Å². The van der Waals surface area contributed by atoms with E-state index < -0.39 is 10.0 Å². The van der Waals surface area contributed by atoms with Crippen LogP contribution in [-0.2, 0) is 19.6 Å². The molecule has 0 bridgehead atoms. The zero-order valence-corrected chi connectivity index (χ0v) is 19.5. The fourth-order valence-corrected chi connectivity index (χ4v) is 5.83. The molecule has 0 spiro atoms. The van der Waals surface area contributed by atoms with Gasteiger partial charge >= 0.3 is 0 Å². The third kappa shape index (κ3) is 4.83. The predicted molar refractivity (Wildman–Crippen MR) is 120 cm³/mol. The summed E-state index contributed by atoms with van der Waals surface area (Å²) in [4.78, 5) is 26.9. The van der Waals surface area contributed by atoms with E-state index in [-0.39, 0.29) is 61.5 Å². The summed E-state index contributed by atoms with van der Waals surface area (Å²) in [5.41, 5.74) is 2.18. The smallest absolute Gasteiger partial charge is 0.248 e. The standard InChI is InChI=1S/C22H27N5O5S/c1-16-22(17(2)32-24-16)33(30,31)26-14-12-25(13-15-26)20(28)8-9-21(29)27-11-10-19(23-27)18-6-4-3-5-7-18/h3-7H,8-15H2,1-2H3. The maximum atomic E-state index is 12.9. The number of carbonyl (C=O) groups excluding carboxylic acids is 2. The maximum absolute atomic E-state index is 12.9. The van der Waals surface area contributed by atoms with Crippen LogP contribution in [0.1, 0.15) is 36.3 Å². The second-order valence-corrected chi connectivity index (χ2v) is 9.99. The number of piperazine rings is 1. The van der Waals surface area contributed by atoms with Gasteiger partial charge in [0, 0.05) is 45.4 Å². The summed E-state index contributed by atoms with van der Waals surface area (Å²) < 4.78 is 32.2. The Bertz CT molecular complexity index is 1150. The lowest BCUT2D eigenvalue weighted by atomic mass is 10.1. The predicted octanol–water partition coefficient (Wildman–Crippen LogP) is 1.54. The molecule has 0 aliphatic carbocycles. The van der Waals surface area contributed by atoms with Crippen LogP contribution in [0.25, 0.3) is 0 Å². The first-order valence-corrected chi connectivity index (χ1v) is 12.4. The van der Waals surface area contributed by atoms with Crippen LogP contribution in [0.2, 0.25) is 0 Å². The lowest BCUT2D eigenvalue weighted by Crippen LogP contribution is -2.50. The number of aromatic nitrogens is 1. The van der Waals surface area contributed by atoms with Gasteiger partial charge in [0.1, 0.15) is 10.6 Å². The average molecular weight is 474 g/mol. The Morgan fingerprint density at radius 1 is 0.970 bits per heavy atom. The summed E-state index contributed by atoms with van der Waals surface area (Å²) in [6, 6.07) is 9.71. The van der Waals surface area contributed by atoms with Gasteiger partial charge in [0.25, 0.3) is 0 Å². The molecule has 0 N–H and O–H groups in total. The van der Waals surface area contributed by atoms with E-state index in [1.165, 1.54) is 9.31 Å². The Morgan fingerprint density at radius 3 is 2.27 bits per heavy atom. The van der Waals surface area contributed by atoms with Crippen LogP contribution < -0.4 is 0 Å². The molecule has 33 heavy (non-hydrogen) atoms. The molecule has 10 nitrogen and oxygen atoms in total. The second-order valence-electron chi connectivity index (χ2n) is 8.12. The molecule has 1 aromatic carbocycles. The molecule has 0 saturated carbocycles. The minimum Gasteiger partial charge on any atom is -0.360 e. The van der Waals surface area contributed by atoms with Gasteiger partial charge in [0.15, 0.2) is 5.76 Å². The highest BCUT2D eigenvalue weighted by atomic mass is 32.2. The highest BCUT2D eigenvalue weighted by Gasteiger charge is 2.34. The molecule has 3 heterocycles. The molecule has 2 aliphatic rings. The van der Waals surface area contributed by atoms with Gasteiger partial charge in [-0.05, 0) is 19.4 Å². The summed E-state index contributed by atoms with van der Waals surface area (Å²) >= 11 is 0. The van der Waals surface area contributed by atoms with Gasteiger partial charge in [-0.2, -0.15) is 9.41 Å². The lowest BCUT2D eigenvalue weighted by molar-refractivity contribution is -0.137. The first kappa shape index (κ1) is 23.1. The van der Waals surface area contributed by atoms with Crippen molar-refractivity contribution < 1.29 is 22.5 Å². The number of amides is 2. The van der Waals surface area contributed by atoms with Crippen molar-refractivity contribution in [3.8, 4) is 0 Å². The van der Waals surface area contributed by atoms with Gasteiger partial charge in [-0.25, -0.2) is 13.4 Å². The van der Waals surface area contributed by atoms with Gasteiger partial charge in [-0.3, -0.25) is 9.59 Å². The van der Waals surface area contributed by atoms with E-state index >= 15 is 0 Å². The largest absolute Gasteiger partial charge is 0.360 e. The summed E-state index contributed by atoms with van der Waals surface area (Å²) in [6.07, 6.45) is 0.829. The molecule has 0 radical (unpaired) electrons. The Labute approximate surface area is 192 Å². The van der Waals surface area contributed by atoms with Gasteiger partial charge in [0.05, 0.1) is 12.3 Å². The molecule has 2 aromatic rings. The Balaban J connectivity index is 1.28. The summed E-state index contributed by atoms with van der Waals surface area (Å²) in [5.74, 6) is -0.0948. The molecule has 2 aliphatic heterocycles. The van der Waals surface area contributed by atoms with Gasteiger partial charge in [-0.15, -0.1) is 0 Å². The average Bonchev–Trinajstić information content (AvgIpc) is 3.45. The van der Waals surface area contributed by atoms with E-state index in [1.807, 2.05) is 30.3 Å². The van der Waals surface area contributed by atoms with Gasteiger partial charge in [-0.1, -0.05) is 35.5 Å². The van der Waals surface area contributed by atoms with Crippen LogP contribution in [0.3, 0.4) is 0 Å². The Hall–Kier alpha value is -3.05. The van der Waals surface area contributed by atoms with Crippen molar-refractivity contribution in [2.45, 2.75) is 38.0 Å². The molecular formula is C22H27N5O5S. The number of aryl methyl sites for hydroxylation is 2. The third-order valence-electron chi connectivity index (χ3n) is 5.91. The zero-order chi connectivity index (χ0) is 23.6. The number of hydrogen-bond donors (Lipinski definition) is 0. The minimum atomic E-state index is -3.73. The number of rotatable bonds is 6. The zero-order valence-electron chi connectivity index (χ0n) is 18.7. The number of sulfonamides is 1. The van der Waals surface area contributed by atoms with Crippen LogP contribution in [-0.4, -0.2) is 78.0 Å². The first-order chi connectivity index (χ1) is 15.8. The number of carbonyl (C=O) groups is 2. The molecular weight excluding hydrogens is 446 g/mol. The normalized spacial score (nSPS) is 17.3. The quantitative estimate of drug-likeness (QED) is 0.628. The number of nitrogens with zero attached hydrogens (tertiary/aromatic N) is 5. The highest BCUT2D eigenvalue weighted by Crippen LogP contribution is 2.24. The third-order valence-corrected chi connectivity index (χ3v) is 8.05. The summed E-state index contributed by atoms with van der Waals surface area (Å²) in [7, 11) is -3.73. The summed E-state index contributed by atoms with van der Waals surface area (Å²) in [5, 5.41) is 9.57. The van der Waals surface area contributed by atoms with E-state index in [4.69, 9.17) is 4.52 Å². The van der Waals surface area contributed by atoms with E-state index in [0.717, 1.165) is 11.3 Å². The van der Waals surface area contributed by atoms with Crippen molar-refractivity contribution in [1.29, 1.82) is 0 Å². The summed E-state index contributed by atoms with van der Waals surface area (Å²) in [6.45, 7) is 4.58. The highest BCUT2D eigenvalue weighted by molar-refractivity contribution is 7.89. The molecule has 11 heteroatoms. The van der Waals surface area contributed by atoms with Crippen LogP contribution in [0.15, 0.2) is 44.9 Å². The van der Waals surface area contributed by atoms with Crippen LogP contribution in [0.4, 0.5) is 0 Å². The molecule has 4 rings (SSSR count). The van der Waals surface area contributed by atoms with Crippen molar-refractivity contribution >= 4 is 27.5 Å². The molecule has 0 atom stereocenters. The molecule has 2 amide bonds. The topological polar surface area (TPSA) is 116 Å². The van der Waals surface area contributed by atoms with E-state index in [1.54, 1.807) is 18.7 Å². The van der Waals surface area contributed by atoms with E-state index in [0.29, 0.717) is 18.7 Å². The number of hydrogen-bond acceptors (Lipinski definition) is 7. The molecule has 1 saturated heterocycles. The van der Waals surface area contributed by atoms with Crippen molar-refractivity contribution in [3.05, 3.63) is 47.3 Å². The van der Waals surface area contributed by atoms with Crippen molar-refractivity contribution in [3.63, 3.8) is 0 Å². The fourth-order valence-electron chi connectivity index (χ4n) is 4.12. The SMILES string of the molecule is Cc1noc(C)c1S(=O)(=O)N1CCN(C(=O)CCC(=O)N2CCC(c3ccccc3)=N2)CC1. The molecule has 176 valence electrons. The number of hydrazone groups is 1. The van der Waals surface area contributed by atoms with E-state index in [2.05, 4.69) is 10.3 Å². The first-order valence-electron chi connectivity index (χ1n) is 10.9. The lowest BCUT2D eigenvalue weighted by Gasteiger charge is -2.34. The van der Waals surface area contributed by atoms with Crippen LogP contribution >= 0.6 is 0 Å². The van der Waals surface area contributed by atoms with Crippen LogP contribution in [0, 0.1) is 13.8 Å². The second kappa shape index (κ2) is 9.44. The Morgan fingerprint density at radius 2 is 1.64 bits per heavy atom. The maximum Gasteiger partial charge on any atom is 0.248 e. The van der Waals surface area contributed by atoms with E-state index in [9.17, 15) is 18.0 Å². The molecule has 1 aromatic heterocycles. The molecule has 1 fully saturated rings. The van der Waals surface area contributed by atoms with Crippen LogP contribution in [0.5, 0.6) is 0 Å². The van der Waals surface area contributed by atoms with Crippen molar-refractivity contribution in [1.82, 2.24) is 19.4 Å². The Kier molecular flexibility index (Phi) is 6.61. The van der Waals surface area contributed by atoms with Crippen molar-refractivity contribution in [2.24, 2.45) is 5.10 Å². The molecule has 0 unspecified atom stereocenters. The number of benzene rings is 1. The van der Waals surface area contributed by atoms with Gasteiger partial charge in [0.2, 0.25) is 21.8 Å². The fraction of sp³-hybridized carbons (Fsp3) is 0.455. The monoisotopic (exact) mass is 473 g/mol. The van der Waals surface area contributed by atoms with Gasteiger partial charge < -0.3 is 9.42 Å².